The summed E-state index contributed by atoms with van der Waals surface area (Å²) in [6.45, 7) is 1.51. The molecule has 94 valence electrons. The molecular weight excluding hydrogens is 352 g/mol. The minimum Gasteiger partial charge on any atom is -0.394 e. The standard InChI is InChI=1S/C12H15ClINO2/c1-8(13)12(17)15-11(7-16)6-9-3-2-4-10(14)5-9/h2-5,8,11,16H,6-7H2,1H3,(H,15,17)/t8?,11-/m1/s1. The van der Waals surface area contributed by atoms with Gasteiger partial charge in [0, 0.05) is 3.57 Å². The van der Waals surface area contributed by atoms with E-state index in [1.807, 2.05) is 24.3 Å². The van der Waals surface area contributed by atoms with Gasteiger partial charge >= 0.3 is 0 Å². The number of aliphatic hydroxyl groups is 1. The molecule has 5 heteroatoms. The molecule has 17 heavy (non-hydrogen) atoms. The molecule has 0 bridgehead atoms. The third-order valence-corrected chi connectivity index (χ3v) is 3.17. The van der Waals surface area contributed by atoms with Crippen molar-refractivity contribution >= 4 is 40.1 Å². The van der Waals surface area contributed by atoms with Crippen molar-refractivity contribution in [1.29, 1.82) is 0 Å². The Kier molecular flexibility index (Phi) is 6.22. The number of amides is 1. The maximum atomic E-state index is 11.4. The molecule has 2 N–H and O–H groups in total. The van der Waals surface area contributed by atoms with Gasteiger partial charge in [0.15, 0.2) is 0 Å². The lowest BCUT2D eigenvalue weighted by molar-refractivity contribution is -0.121. The van der Waals surface area contributed by atoms with Crippen LogP contribution in [0.1, 0.15) is 12.5 Å². The fraction of sp³-hybridized carbons (Fsp3) is 0.417. The molecule has 0 aliphatic heterocycles. The molecule has 0 aliphatic carbocycles. The fourth-order valence-corrected chi connectivity index (χ4v) is 2.10. The van der Waals surface area contributed by atoms with E-state index in [4.69, 9.17) is 11.6 Å². The van der Waals surface area contributed by atoms with Crippen LogP contribution in [0.3, 0.4) is 0 Å². The van der Waals surface area contributed by atoms with Crippen LogP contribution in [0.15, 0.2) is 24.3 Å². The second-order valence-electron chi connectivity index (χ2n) is 3.84. The van der Waals surface area contributed by atoms with Crippen molar-refractivity contribution in [2.45, 2.75) is 24.8 Å². The summed E-state index contributed by atoms with van der Waals surface area (Å²) in [4.78, 5) is 11.4. The largest absolute Gasteiger partial charge is 0.394 e. The monoisotopic (exact) mass is 367 g/mol. The SMILES string of the molecule is CC(Cl)C(=O)N[C@@H](CO)Cc1cccc(I)c1. The predicted octanol–water partition coefficient (Wildman–Crippen LogP) is 1.94. The zero-order valence-electron chi connectivity index (χ0n) is 9.49. The second-order valence-corrected chi connectivity index (χ2v) is 5.74. The number of alkyl halides is 1. The van der Waals surface area contributed by atoms with Gasteiger partial charge < -0.3 is 10.4 Å². The molecule has 0 fully saturated rings. The van der Waals surface area contributed by atoms with Gasteiger partial charge in [-0.05, 0) is 53.6 Å². The maximum absolute atomic E-state index is 11.4. The second kappa shape index (κ2) is 7.18. The summed E-state index contributed by atoms with van der Waals surface area (Å²) in [5, 5.41) is 11.4. The predicted molar refractivity (Wildman–Crippen MR) is 77.2 cm³/mol. The van der Waals surface area contributed by atoms with Crippen molar-refractivity contribution in [3.63, 3.8) is 0 Å². The molecule has 0 radical (unpaired) electrons. The van der Waals surface area contributed by atoms with E-state index in [9.17, 15) is 9.90 Å². The summed E-state index contributed by atoms with van der Waals surface area (Å²) in [7, 11) is 0. The number of carbonyl (C=O) groups excluding carboxylic acids is 1. The number of halogens is 2. The molecule has 1 aromatic rings. The first-order chi connectivity index (χ1) is 8.02. The van der Waals surface area contributed by atoms with Gasteiger partial charge in [0.2, 0.25) is 5.91 Å². The summed E-state index contributed by atoms with van der Waals surface area (Å²) in [6.07, 6.45) is 0.600. The lowest BCUT2D eigenvalue weighted by Gasteiger charge is -2.17. The number of benzene rings is 1. The Morgan fingerprint density at radius 1 is 1.59 bits per heavy atom. The van der Waals surface area contributed by atoms with Crippen LogP contribution in [0, 0.1) is 3.57 Å². The summed E-state index contributed by atoms with van der Waals surface area (Å²) in [5.41, 5.74) is 1.08. The van der Waals surface area contributed by atoms with Crippen LogP contribution in [0.5, 0.6) is 0 Å². The van der Waals surface area contributed by atoms with Crippen molar-refractivity contribution in [3.05, 3.63) is 33.4 Å². The molecule has 0 spiro atoms. The highest BCUT2D eigenvalue weighted by molar-refractivity contribution is 14.1. The van der Waals surface area contributed by atoms with E-state index in [-0.39, 0.29) is 18.6 Å². The fourth-order valence-electron chi connectivity index (χ4n) is 1.43. The first-order valence-corrected chi connectivity index (χ1v) is 6.84. The normalized spacial score (nSPS) is 14.1. The highest BCUT2D eigenvalue weighted by Crippen LogP contribution is 2.10. The highest BCUT2D eigenvalue weighted by Gasteiger charge is 2.15. The van der Waals surface area contributed by atoms with E-state index < -0.39 is 5.38 Å². The van der Waals surface area contributed by atoms with Gasteiger partial charge in [-0.2, -0.15) is 0 Å². The molecule has 2 atom stereocenters. The van der Waals surface area contributed by atoms with Crippen LogP contribution in [0.25, 0.3) is 0 Å². The molecule has 3 nitrogen and oxygen atoms in total. The summed E-state index contributed by atoms with van der Waals surface area (Å²) in [5.74, 6) is -0.253. The van der Waals surface area contributed by atoms with E-state index in [0.717, 1.165) is 9.13 Å². The van der Waals surface area contributed by atoms with Crippen LogP contribution in [0.2, 0.25) is 0 Å². The molecule has 0 aromatic heterocycles. The first-order valence-electron chi connectivity index (χ1n) is 5.32. The van der Waals surface area contributed by atoms with Crippen LogP contribution < -0.4 is 5.32 Å². The van der Waals surface area contributed by atoms with Crippen LogP contribution >= 0.6 is 34.2 Å². The quantitative estimate of drug-likeness (QED) is 0.617. The van der Waals surface area contributed by atoms with E-state index >= 15 is 0 Å². The Morgan fingerprint density at radius 2 is 2.29 bits per heavy atom. The van der Waals surface area contributed by atoms with Gasteiger partial charge in [0.1, 0.15) is 5.38 Å². The van der Waals surface area contributed by atoms with Gasteiger partial charge in [0.05, 0.1) is 12.6 Å². The molecule has 0 aliphatic rings. The minimum absolute atomic E-state index is 0.0964. The molecule has 1 aromatic carbocycles. The molecule has 1 rings (SSSR count). The lowest BCUT2D eigenvalue weighted by atomic mass is 10.1. The molecule has 0 saturated carbocycles. The number of hydrogen-bond acceptors (Lipinski definition) is 2. The summed E-state index contributed by atoms with van der Waals surface area (Å²) < 4.78 is 1.13. The summed E-state index contributed by atoms with van der Waals surface area (Å²) >= 11 is 7.89. The Labute approximate surface area is 120 Å². The van der Waals surface area contributed by atoms with Crippen LogP contribution in [0.4, 0.5) is 0 Å². The smallest absolute Gasteiger partial charge is 0.238 e. The van der Waals surface area contributed by atoms with Crippen molar-refractivity contribution in [2.75, 3.05) is 6.61 Å². The van der Waals surface area contributed by atoms with E-state index in [1.54, 1.807) is 6.92 Å². The van der Waals surface area contributed by atoms with Crippen molar-refractivity contribution < 1.29 is 9.90 Å². The van der Waals surface area contributed by atoms with Crippen molar-refractivity contribution in [1.82, 2.24) is 5.32 Å². The highest BCUT2D eigenvalue weighted by atomic mass is 127. The number of rotatable bonds is 5. The van der Waals surface area contributed by atoms with Crippen LogP contribution in [-0.4, -0.2) is 29.0 Å². The molecule has 0 heterocycles. The maximum Gasteiger partial charge on any atom is 0.238 e. The topological polar surface area (TPSA) is 49.3 Å². The zero-order chi connectivity index (χ0) is 12.8. The lowest BCUT2D eigenvalue weighted by Crippen LogP contribution is -2.42. The Bertz CT molecular complexity index is 385. The number of aliphatic hydroxyl groups excluding tert-OH is 1. The Balaban J connectivity index is 2.61. The van der Waals surface area contributed by atoms with Crippen LogP contribution in [-0.2, 0) is 11.2 Å². The Morgan fingerprint density at radius 3 is 2.82 bits per heavy atom. The number of carbonyl (C=O) groups is 1. The first kappa shape index (κ1) is 14.7. The van der Waals surface area contributed by atoms with Gasteiger partial charge in [-0.15, -0.1) is 11.6 Å². The molecule has 1 amide bonds. The number of nitrogens with one attached hydrogen (secondary N) is 1. The van der Waals surface area contributed by atoms with Crippen molar-refractivity contribution in [2.24, 2.45) is 0 Å². The van der Waals surface area contributed by atoms with Gasteiger partial charge in [-0.3, -0.25) is 4.79 Å². The molecule has 1 unspecified atom stereocenters. The third-order valence-electron chi connectivity index (χ3n) is 2.30. The van der Waals surface area contributed by atoms with E-state index in [0.29, 0.717) is 6.42 Å². The minimum atomic E-state index is -0.583. The van der Waals surface area contributed by atoms with Gasteiger partial charge in [-0.1, -0.05) is 12.1 Å². The van der Waals surface area contributed by atoms with Crippen molar-refractivity contribution in [3.8, 4) is 0 Å². The van der Waals surface area contributed by atoms with Gasteiger partial charge in [-0.25, -0.2) is 0 Å². The average molecular weight is 368 g/mol. The van der Waals surface area contributed by atoms with E-state index in [2.05, 4.69) is 27.9 Å². The van der Waals surface area contributed by atoms with Gasteiger partial charge in [0.25, 0.3) is 0 Å². The Hall–Kier alpha value is -0.330. The zero-order valence-corrected chi connectivity index (χ0v) is 12.4. The summed E-state index contributed by atoms with van der Waals surface area (Å²) in [6, 6.07) is 7.66. The molecule has 0 saturated heterocycles. The molecular formula is C12H15ClINO2. The number of hydrogen-bond donors (Lipinski definition) is 2. The third kappa shape index (κ3) is 5.23. The van der Waals surface area contributed by atoms with E-state index in [1.165, 1.54) is 0 Å². The average Bonchev–Trinajstić information content (AvgIpc) is 2.27.